The van der Waals surface area contributed by atoms with Crippen molar-refractivity contribution in [1.29, 1.82) is 0 Å². The Bertz CT molecular complexity index is 2240. The van der Waals surface area contributed by atoms with E-state index in [-0.39, 0.29) is 57.3 Å². The van der Waals surface area contributed by atoms with Crippen LogP contribution in [-0.4, -0.2) is 79.6 Å². The number of fused-ring (bicyclic) bond motifs is 4. The Morgan fingerprint density at radius 2 is 1.65 bits per heavy atom. The summed E-state index contributed by atoms with van der Waals surface area (Å²) < 4.78 is 37.8. The highest BCUT2D eigenvalue weighted by Gasteiger charge is 2.65. The van der Waals surface area contributed by atoms with E-state index in [1.165, 1.54) is 14.2 Å². The largest absolute Gasteiger partial charge is 0.459 e. The maximum Gasteiger partial charge on any atom is 0.410 e. The summed E-state index contributed by atoms with van der Waals surface area (Å²) in [5.41, 5.74) is 3.38. The van der Waals surface area contributed by atoms with Crippen molar-refractivity contribution in [2.75, 3.05) is 40.8 Å². The van der Waals surface area contributed by atoms with Crippen molar-refractivity contribution >= 4 is 22.6 Å². The Labute approximate surface area is 350 Å². The summed E-state index contributed by atoms with van der Waals surface area (Å²) in [7, 11) is 2.90. The van der Waals surface area contributed by atoms with Crippen LogP contribution in [0, 0.1) is 17.8 Å². The van der Waals surface area contributed by atoms with Crippen LogP contribution in [0.3, 0.4) is 0 Å². The molecule has 4 aromatic rings. The SMILES string of the molecule is C=CCOC12Oc3ccc(Oc4ccc5ccccc5c4)cc3C3C(CCCCO)C(CCCCO)C=C(C(=NOC)CC1N(Cc1ccc4c(c1)OCO4)C(=O)OC)C32. The van der Waals surface area contributed by atoms with Gasteiger partial charge in [0.25, 0.3) is 0 Å². The number of allylic oxidation sites excluding steroid dienone is 1. The molecule has 2 heterocycles. The highest BCUT2D eigenvalue weighted by atomic mass is 16.7. The van der Waals surface area contributed by atoms with Crippen LogP contribution in [0.25, 0.3) is 10.8 Å². The van der Waals surface area contributed by atoms with Crippen LogP contribution < -0.4 is 18.9 Å². The minimum absolute atomic E-state index is 0.0530. The average molecular weight is 819 g/mol. The molecule has 316 valence electrons. The van der Waals surface area contributed by atoms with Crippen molar-refractivity contribution in [1.82, 2.24) is 4.90 Å². The Morgan fingerprint density at radius 3 is 2.43 bits per heavy atom. The molecule has 8 rings (SSSR count). The number of unbranched alkanes of at least 4 members (excludes halogenated alkanes) is 2. The Morgan fingerprint density at radius 1 is 0.900 bits per heavy atom. The lowest BCUT2D eigenvalue weighted by Crippen LogP contribution is -2.70. The van der Waals surface area contributed by atoms with Crippen LogP contribution in [0.15, 0.2) is 108 Å². The van der Waals surface area contributed by atoms with Gasteiger partial charge >= 0.3 is 6.09 Å². The van der Waals surface area contributed by atoms with E-state index in [2.05, 4.69) is 42.1 Å². The number of hydrogen-bond donors (Lipinski definition) is 2. The van der Waals surface area contributed by atoms with Gasteiger partial charge in [0.1, 0.15) is 30.4 Å². The quantitative estimate of drug-likeness (QED) is 0.0604. The summed E-state index contributed by atoms with van der Waals surface area (Å²) in [6.45, 7) is 4.62. The fourth-order valence-corrected chi connectivity index (χ4v) is 9.84. The highest BCUT2D eigenvalue weighted by Crippen LogP contribution is 2.62. The van der Waals surface area contributed by atoms with Gasteiger partial charge in [0.2, 0.25) is 12.6 Å². The van der Waals surface area contributed by atoms with Crippen LogP contribution in [0.2, 0.25) is 0 Å². The maximum atomic E-state index is 14.2. The molecule has 6 unspecified atom stereocenters. The Balaban J connectivity index is 1.30. The Kier molecular flexibility index (Phi) is 12.6. The van der Waals surface area contributed by atoms with Gasteiger partial charge in [-0.1, -0.05) is 66.5 Å². The summed E-state index contributed by atoms with van der Waals surface area (Å²) in [6, 6.07) is 25.0. The number of aliphatic hydroxyl groups is 2. The van der Waals surface area contributed by atoms with E-state index in [9.17, 15) is 15.0 Å². The van der Waals surface area contributed by atoms with Crippen molar-refractivity contribution in [3.05, 3.63) is 114 Å². The Hall–Kier alpha value is -5.56. The lowest BCUT2D eigenvalue weighted by atomic mass is 9.55. The molecule has 4 aromatic carbocycles. The molecule has 0 spiro atoms. The summed E-state index contributed by atoms with van der Waals surface area (Å²) >= 11 is 0. The lowest BCUT2D eigenvalue weighted by molar-refractivity contribution is -0.256. The number of methoxy groups -OCH3 is 1. The third-order valence-electron chi connectivity index (χ3n) is 12.4. The van der Waals surface area contributed by atoms with E-state index >= 15 is 0 Å². The molecule has 2 aliphatic carbocycles. The van der Waals surface area contributed by atoms with E-state index in [4.69, 9.17) is 33.3 Å². The summed E-state index contributed by atoms with van der Waals surface area (Å²) in [4.78, 5) is 21.4. The van der Waals surface area contributed by atoms with Gasteiger partial charge in [-0.25, -0.2) is 4.79 Å². The first kappa shape index (κ1) is 41.2. The fourth-order valence-electron chi connectivity index (χ4n) is 9.84. The number of aliphatic hydroxyl groups excluding tert-OH is 2. The summed E-state index contributed by atoms with van der Waals surface area (Å²) in [6.07, 6.45) is 8.29. The van der Waals surface area contributed by atoms with Gasteiger partial charge in [-0.2, -0.15) is 0 Å². The van der Waals surface area contributed by atoms with Crippen molar-refractivity contribution in [3.8, 4) is 28.7 Å². The van der Waals surface area contributed by atoms with Gasteiger partial charge in [0.05, 0.1) is 25.3 Å². The first-order valence-corrected chi connectivity index (χ1v) is 20.9. The average Bonchev–Trinajstić information content (AvgIpc) is 3.74. The van der Waals surface area contributed by atoms with Crippen molar-refractivity contribution in [3.63, 3.8) is 0 Å². The van der Waals surface area contributed by atoms with Gasteiger partial charge in [-0.15, -0.1) is 6.58 Å². The molecule has 2 aliphatic heterocycles. The van der Waals surface area contributed by atoms with Crippen LogP contribution in [0.1, 0.15) is 62.0 Å². The number of rotatable bonds is 17. The second kappa shape index (κ2) is 18.4. The molecule has 0 aromatic heterocycles. The molecule has 4 aliphatic rings. The molecule has 2 N–H and O–H groups in total. The van der Waals surface area contributed by atoms with Gasteiger partial charge in [0, 0.05) is 37.7 Å². The molecule has 6 atom stereocenters. The van der Waals surface area contributed by atoms with E-state index in [1.807, 2.05) is 54.6 Å². The third-order valence-corrected chi connectivity index (χ3v) is 12.4. The number of benzene rings is 4. The number of carbonyl (C=O) groups excluding carboxylic acids is 1. The lowest BCUT2D eigenvalue weighted by Gasteiger charge is -2.59. The van der Waals surface area contributed by atoms with E-state index in [1.54, 1.807) is 11.0 Å². The van der Waals surface area contributed by atoms with Crippen molar-refractivity contribution in [2.24, 2.45) is 22.9 Å². The van der Waals surface area contributed by atoms with Gasteiger partial charge in [0.15, 0.2) is 11.5 Å². The first-order valence-electron chi connectivity index (χ1n) is 20.9. The molecule has 1 fully saturated rings. The van der Waals surface area contributed by atoms with Crippen LogP contribution in [0.5, 0.6) is 28.7 Å². The molecule has 0 saturated heterocycles. The van der Waals surface area contributed by atoms with Gasteiger partial charge in [-0.05, 0) is 102 Å². The standard InChI is InChI=1S/C48H54N2O10/c1-4-23-58-48-44(50(47(53)54-2)29-31-15-19-42-43(24-31)57-30-56-42)28-40(49-55-3)38-26-34(13-7-9-21-51)37(14-8-10-22-52)45(46(38)48)39-27-36(18-20-41(39)60-48)59-35-17-16-32-11-5-6-12-33(32)25-35/h4-6,11-12,15-20,24-27,34,37,44-46,51-52H,1,7-10,13-14,21-23,28-30H2,2-3H3. The minimum Gasteiger partial charge on any atom is -0.459 e. The second-order valence-corrected chi connectivity index (χ2v) is 15.9. The van der Waals surface area contributed by atoms with Gasteiger partial charge < -0.3 is 43.5 Å². The normalized spacial score (nSPS) is 24.2. The third kappa shape index (κ3) is 8.03. The van der Waals surface area contributed by atoms with E-state index in [0.29, 0.717) is 47.3 Å². The van der Waals surface area contributed by atoms with Crippen LogP contribution >= 0.6 is 0 Å². The summed E-state index contributed by atoms with van der Waals surface area (Å²) in [5, 5.41) is 26.7. The predicted octanol–water partition coefficient (Wildman–Crippen LogP) is 8.89. The van der Waals surface area contributed by atoms with Crippen molar-refractivity contribution < 1.29 is 48.3 Å². The zero-order valence-electron chi connectivity index (χ0n) is 34.3. The number of oxime groups is 1. The zero-order valence-corrected chi connectivity index (χ0v) is 34.3. The minimum atomic E-state index is -1.44. The second-order valence-electron chi connectivity index (χ2n) is 15.9. The molecule has 60 heavy (non-hydrogen) atoms. The smallest absolute Gasteiger partial charge is 0.410 e. The molecular formula is C48H54N2O10. The first-order chi connectivity index (χ1) is 29.4. The fraction of sp³-hybridized carbons (Fsp3) is 0.417. The van der Waals surface area contributed by atoms with Gasteiger partial charge in [-0.3, -0.25) is 4.90 Å². The van der Waals surface area contributed by atoms with Crippen LogP contribution in [0.4, 0.5) is 4.79 Å². The number of nitrogens with zero attached hydrogens (tertiary/aromatic N) is 2. The highest BCUT2D eigenvalue weighted by molar-refractivity contribution is 6.03. The number of hydrogen-bond acceptors (Lipinski definition) is 11. The molecular weight excluding hydrogens is 765 g/mol. The topological polar surface area (TPSA) is 138 Å². The maximum absolute atomic E-state index is 14.2. The van der Waals surface area contributed by atoms with E-state index < -0.39 is 23.8 Å². The molecule has 12 nitrogen and oxygen atoms in total. The molecule has 0 bridgehead atoms. The monoisotopic (exact) mass is 818 g/mol. The van der Waals surface area contributed by atoms with E-state index in [0.717, 1.165) is 53.2 Å². The zero-order chi connectivity index (χ0) is 41.6. The number of carbonyl (C=O) groups is 1. The number of ether oxygens (including phenoxy) is 6. The van der Waals surface area contributed by atoms with Crippen molar-refractivity contribution in [2.45, 2.75) is 69.2 Å². The van der Waals surface area contributed by atoms with Crippen LogP contribution in [-0.2, 0) is 20.9 Å². The molecule has 12 heteroatoms. The molecule has 1 saturated carbocycles. The predicted molar refractivity (Wildman–Crippen MR) is 227 cm³/mol. The molecule has 1 amide bonds. The molecule has 0 radical (unpaired) electrons. The number of amides is 1. The summed E-state index contributed by atoms with van der Waals surface area (Å²) in [5.74, 6) is 1.23.